The molecule has 0 radical (unpaired) electrons. The normalized spacial score (nSPS) is 16.0. The maximum atomic E-state index is 13.3. The summed E-state index contributed by atoms with van der Waals surface area (Å²) < 4.78 is 4.89. The van der Waals surface area contributed by atoms with Gasteiger partial charge < -0.3 is 26.0 Å². The summed E-state index contributed by atoms with van der Waals surface area (Å²) in [5, 5.41) is 12.1. The highest BCUT2D eigenvalue weighted by Crippen LogP contribution is 2.39. The number of amides is 3. The van der Waals surface area contributed by atoms with Crippen LogP contribution in [0, 0.1) is 6.92 Å². The van der Waals surface area contributed by atoms with Crippen LogP contribution in [-0.4, -0.2) is 68.4 Å². The van der Waals surface area contributed by atoms with Gasteiger partial charge in [-0.25, -0.2) is 4.79 Å². The SMILES string of the molecule is COC(=O)c1cc2c(cc1C)/C(=C(/Nc1ccc(C(=O)NCCN3CCNC(=O)CC3)cc1)c1ccccc1)C(=O)N2. The van der Waals surface area contributed by atoms with E-state index in [0.29, 0.717) is 77.5 Å². The second kappa shape index (κ2) is 12.7. The Bertz CT molecular complexity index is 1550. The zero-order valence-electron chi connectivity index (χ0n) is 23.6. The summed E-state index contributed by atoms with van der Waals surface area (Å²) in [6.07, 6.45) is 0.463. The molecule has 0 atom stereocenters. The van der Waals surface area contributed by atoms with Crippen molar-refractivity contribution in [2.45, 2.75) is 13.3 Å². The third-order valence-electron chi connectivity index (χ3n) is 7.36. The van der Waals surface area contributed by atoms with Gasteiger partial charge in [0, 0.05) is 56.0 Å². The van der Waals surface area contributed by atoms with Gasteiger partial charge in [-0.2, -0.15) is 0 Å². The summed E-state index contributed by atoms with van der Waals surface area (Å²) >= 11 is 0. The number of anilines is 2. The van der Waals surface area contributed by atoms with E-state index in [-0.39, 0.29) is 17.7 Å². The molecule has 4 N–H and O–H groups in total. The molecular formula is C32H33N5O5. The highest BCUT2D eigenvalue weighted by Gasteiger charge is 2.30. The van der Waals surface area contributed by atoms with Crippen LogP contribution in [0.25, 0.3) is 11.3 Å². The number of hydrogen-bond acceptors (Lipinski definition) is 7. The predicted octanol–water partition coefficient (Wildman–Crippen LogP) is 3.27. The van der Waals surface area contributed by atoms with Crippen LogP contribution >= 0.6 is 0 Å². The van der Waals surface area contributed by atoms with Crippen molar-refractivity contribution in [3.63, 3.8) is 0 Å². The molecular weight excluding hydrogens is 534 g/mol. The Morgan fingerprint density at radius 2 is 1.74 bits per heavy atom. The molecule has 10 nitrogen and oxygen atoms in total. The van der Waals surface area contributed by atoms with Gasteiger partial charge in [-0.1, -0.05) is 30.3 Å². The van der Waals surface area contributed by atoms with Crippen molar-refractivity contribution in [1.29, 1.82) is 0 Å². The standard InChI is InChI=1S/C32H33N5O5/c1-20-18-25-26(19-24(20)32(41)42-2)36-31(40)28(25)29(21-6-4-3-5-7-21)35-23-10-8-22(9-11-23)30(39)34-14-17-37-15-12-27(38)33-13-16-37/h3-11,18-19,35H,12-17H2,1-2H3,(H,33,38)(H,34,39)(H,36,40)/b29-28-. The van der Waals surface area contributed by atoms with Crippen molar-refractivity contribution in [1.82, 2.24) is 15.5 Å². The smallest absolute Gasteiger partial charge is 0.338 e. The van der Waals surface area contributed by atoms with Gasteiger partial charge in [0.1, 0.15) is 0 Å². The largest absolute Gasteiger partial charge is 0.465 e. The fourth-order valence-electron chi connectivity index (χ4n) is 5.10. The Labute approximate surface area is 244 Å². The summed E-state index contributed by atoms with van der Waals surface area (Å²) in [5.74, 6) is -0.892. The van der Waals surface area contributed by atoms with E-state index < -0.39 is 5.97 Å². The number of benzene rings is 3. The van der Waals surface area contributed by atoms with Crippen LogP contribution in [0.15, 0.2) is 66.7 Å². The van der Waals surface area contributed by atoms with Gasteiger partial charge in [0.25, 0.3) is 11.8 Å². The third-order valence-corrected chi connectivity index (χ3v) is 7.36. The maximum Gasteiger partial charge on any atom is 0.338 e. The van der Waals surface area contributed by atoms with Gasteiger partial charge in [-0.05, 0) is 54.4 Å². The molecule has 0 saturated carbocycles. The molecule has 0 spiro atoms. The van der Waals surface area contributed by atoms with E-state index in [4.69, 9.17) is 4.74 Å². The molecule has 0 aromatic heterocycles. The van der Waals surface area contributed by atoms with Gasteiger partial charge in [-0.15, -0.1) is 0 Å². The van der Waals surface area contributed by atoms with Crippen LogP contribution in [-0.2, 0) is 14.3 Å². The number of methoxy groups -OCH3 is 1. The monoisotopic (exact) mass is 567 g/mol. The summed E-state index contributed by atoms with van der Waals surface area (Å²) in [6, 6.07) is 20.0. The van der Waals surface area contributed by atoms with E-state index >= 15 is 0 Å². The molecule has 3 aromatic carbocycles. The first kappa shape index (κ1) is 28.6. The van der Waals surface area contributed by atoms with E-state index in [0.717, 1.165) is 12.1 Å². The average molecular weight is 568 g/mol. The van der Waals surface area contributed by atoms with Crippen LogP contribution in [0.2, 0.25) is 0 Å². The van der Waals surface area contributed by atoms with Gasteiger partial charge >= 0.3 is 5.97 Å². The number of nitrogens with one attached hydrogen (secondary N) is 4. The van der Waals surface area contributed by atoms with Gasteiger partial charge in [0.15, 0.2) is 0 Å². The first-order chi connectivity index (χ1) is 20.3. The Morgan fingerprint density at radius 1 is 0.976 bits per heavy atom. The molecule has 0 aliphatic carbocycles. The van der Waals surface area contributed by atoms with Gasteiger partial charge in [-0.3, -0.25) is 19.3 Å². The number of aryl methyl sites for hydroxylation is 1. The quantitative estimate of drug-likeness (QED) is 0.243. The van der Waals surface area contributed by atoms with Crippen molar-refractivity contribution in [3.05, 3.63) is 94.5 Å². The van der Waals surface area contributed by atoms with Crippen molar-refractivity contribution in [2.75, 3.05) is 50.5 Å². The van der Waals surface area contributed by atoms with E-state index in [1.165, 1.54) is 7.11 Å². The zero-order valence-corrected chi connectivity index (χ0v) is 23.6. The lowest BCUT2D eigenvalue weighted by Crippen LogP contribution is -2.36. The molecule has 216 valence electrons. The number of carbonyl (C=O) groups excluding carboxylic acids is 4. The molecule has 2 aliphatic heterocycles. The van der Waals surface area contributed by atoms with Crippen molar-refractivity contribution >= 4 is 46.3 Å². The van der Waals surface area contributed by atoms with E-state index in [1.807, 2.05) is 36.4 Å². The first-order valence-corrected chi connectivity index (χ1v) is 13.8. The number of nitrogens with zero attached hydrogens (tertiary/aromatic N) is 1. The minimum Gasteiger partial charge on any atom is -0.465 e. The highest BCUT2D eigenvalue weighted by molar-refractivity contribution is 6.37. The van der Waals surface area contributed by atoms with Crippen LogP contribution in [0.5, 0.6) is 0 Å². The molecule has 0 unspecified atom stereocenters. The molecule has 3 aromatic rings. The Hall–Kier alpha value is -4.96. The van der Waals surface area contributed by atoms with Gasteiger partial charge in [0.05, 0.1) is 29.6 Å². The minimum absolute atomic E-state index is 0.0573. The van der Waals surface area contributed by atoms with Crippen LogP contribution in [0.3, 0.4) is 0 Å². The molecule has 42 heavy (non-hydrogen) atoms. The molecule has 2 heterocycles. The number of hydrogen-bond donors (Lipinski definition) is 4. The summed E-state index contributed by atoms with van der Waals surface area (Å²) in [5.41, 5.74) is 5.35. The number of esters is 1. The summed E-state index contributed by atoms with van der Waals surface area (Å²) in [6.45, 7) is 5.00. The molecule has 1 fully saturated rings. The second-order valence-electron chi connectivity index (χ2n) is 10.2. The predicted molar refractivity (Wildman–Crippen MR) is 161 cm³/mol. The number of fused-ring (bicyclic) bond motifs is 1. The van der Waals surface area contributed by atoms with E-state index in [9.17, 15) is 19.2 Å². The van der Waals surface area contributed by atoms with Crippen LogP contribution in [0.4, 0.5) is 11.4 Å². The lowest BCUT2D eigenvalue weighted by molar-refractivity contribution is -0.120. The average Bonchev–Trinajstić information content (AvgIpc) is 3.16. The minimum atomic E-state index is -0.469. The van der Waals surface area contributed by atoms with Crippen molar-refractivity contribution in [2.24, 2.45) is 0 Å². The Morgan fingerprint density at radius 3 is 2.48 bits per heavy atom. The molecule has 10 heteroatoms. The number of carbonyl (C=O) groups is 4. The molecule has 0 bridgehead atoms. The van der Waals surface area contributed by atoms with E-state index in [2.05, 4.69) is 26.2 Å². The zero-order chi connectivity index (χ0) is 29.6. The number of ether oxygens (including phenoxy) is 1. The molecule has 5 rings (SSSR count). The van der Waals surface area contributed by atoms with Crippen molar-refractivity contribution in [3.8, 4) is 0 Å². The maximum absolute atomic E-state index is 13.3. The highest BCUT2D eigenvalue weighted by atomic mass is 16.5. The van der Waals surface area contributed by atoms with Crippen molar-refractivity contribution < 1.29 is 23.9 Å². The molecule has 2 aliphatic rings. The van der Waals surface area contributed by atoms with Gasteiger partial charge in [0.2, 0.25) is 5.91 Å². The third kappa shape index (κ3) is 6.34. The fraction of sp³-hybridized carbons (Fsp3) is 0.250. The summed E-state index contributed by atoms with van der Waals surface area (Å²) in [7, 11) is 1.32. The number of rotatable bonds is 8. The molecule has 3 amide bonds. The first-order valence-electron chi connectivity index (χ1n) is 13.8. The van der Waals surface area contributed by atoms with Crippen LogP contribution in [0.1, 0.15) is 43.8 Å². The second-order valence-corrected chi connectivity index (χ2v) is 10.2. The summed E-state index contributed by atoms with van der Waals surface area (Å²) in [4.78, 5) is 52.0. The lowest BCUT2D eigenvalue weighted by atomic mass is 9.96. The Balaban J connectivity index is 1.35. The topological polar surface area (TPSA) is 129 Å². The van der Waals surface area contributed by atoms with E-state index in [1.54, 1.807) is 37.3 Å². The lowest BCUT2D eigenvalue weighted by Gasteiger charge is -2.19. The Kier molecular flexibility index (Phi) is 8.63. The molecule has 1 saturated heterocycles. The fourth-order valence-corrected chi connectivity index (χ4v) is 5.10. The van der Waals surface area contributed by atoms with Crippen LogP contribution < -0.4 is 21.3 Å².